The van der Waals surface area contributed by atoms with Crippen LogP contribution in [-0.2, 0) is 121 Å². The summed E-state index contributed by atoms with van der Waals surface area (Å²) in [7, 11) is 13.4. The Kier molecular flexibility index (Phi) is 25.3. The molecule has 31 aliphatic carbocycles. The van der Waals surface area contributed by atoms with Crippen molar-refractivity contribution in [3.63, 3.8) is 0 Å². The highest BCUT2D eigenvalue weighted by Gasteiger charge is 2.51. The van der Waals surface area contributed by atoms with Gasteiger partial charge in [0.15, 0.2) is 0 Å². The summed E-state index contributed by atoms with van der Waals surface area (Å²) in [6.45, 7) is 1.28. The minimum atomic E-state index is -0.613. The topological polar surface area (TPSA) is 148 Å². The van der Waals surface area contributed by atoms with E-state index in [2.05, 4.69) is 218 Å². The summed E-state index contributed by atoms with van der Waals surface area (Å²) < 4.78 is 99.3. The van der Waals surface area contributed by atoms with Crippen molar-refractivity contribution in [1.82, 2.24) is 0 Å². The summed E-state index contributed by atoms with van der Waals surface area (Å²) in [5.41, 5.74) is 15.1. The Morgan fingerprint density at radius 3 is 0.309 bits per heavy atom. The molecule has 0 spiro atoms. The molecule has 0 unspecified atom stereocenters. The smallest absolute Gasteiger partial charge is 0.147 e. The van der Waals surface area contributed by atoms with Crippen LogP contribution >= 0.6 is 0 Å². The summed E-state index contributed by atoms with van der Waals surface area (Å²) in [4.78, 5) is 0. The lowest BCUT2D eigenvalue weighted by Gasteiger charge is -2.46. The van der Waals surface area contributed by atoms with Gasteiger partial charge in [-0.1, -0.05) is 218 Å². The van der Waals surface area contributed by atoms with E-state index < -0.39 is 44.8 Å². The molecule has 0 saturated heterocycles. The van der Waals surface area contributed by atoms with Crippen LogP contribution in [0.15, 0.2) is 218 Å². The molecule has 0 atom stereocenters. The van der Waals surface area contributed by atoms with Gasteiger partial charge >= 0.3 is 0 Å². The molecule has 580 valence electrons. The van der Waals surface area contributed by atoms with Gasteiger partial charge in [0.25, 0.3) is 0 Å². The lowest BCUT2D eigenvalue weighted by molar-refractivity contribution is -0.203. The molecule has 4 fully saturated rings. The first-order valence-corrected chi connectivity index (χ1v) is 38.8. The second-order valence-corrected chi connectivity index (χ2v) is 30.6. The average molecular weight is 1490 g/mol. The monoisotopic (exact) mass is 1490 g/mol. The van der Waals surface area contributed by atoms with Gasteiger partial charge < -0.3 is 75.8 Å². The van der Waals surface area contributed by atoms with E-state index in [0.717, 1.165) is 100 Å². The van der Waals surface area contributed by atoms with Crippen molar-refractivity contribution >= 4 is 0 Å². The number of hydrogen-bond donors (Lipinski definition) is 0. The van der Waals surface area contributed by atoms with Crippen LogP contribution in [0.1, 0.15) is 147 Å². The Morgan fingerprint density at radius 1 is 0.145 bits per heavy atom. The van der Waals surface area contributed by atoms with Gasteiger partial charge in [0.1, 0.15) is 54.3 Å². The van der Waals surface area contributed by atoms with Crippen molar-refractivity contribution in [3.05, 3.63) is 263 Å². The maximum absolute atomic E-state index is 6.79. The van der Waals surface area contributed by atoms with E-state index in [4.69, 9.17) is 75.8 Å². The van der Waals surface area contributed by atoms with Crippen molar-refractivity contribution in [3.8, 4) is 55.6 Å². The fourth-order valence-electron chi connectivity index (χ4n) is 18.3. The Bertz CT molecular complexity index is 4060. The highest BCUT2D eigenvalue weighted by molar-refractivity contribution is 5.72. The summed E-state index contributed by atoms with van der Waals surface area (Å²) in [6, 6.07) is 79.7. The summed E-state index contributed by atoms with van der Waals surface area (Å²) in [5.74, 6) is 0. The van der Waals surface area contributed by atoms with E-state index in [9.17, 15) is 0 Å². The zero-order chi connectivity index (χ0) is 76.1. The molecular weight excluding hydrogens is 1390 g/mol. The van der Waals surface area contributed by atoms with E-state index in [-0.39, 0.29) is 54.3 Å². The largest absolute Gasteiger partial charge is 0.359 e. The highest BCUT2D eigenvalue weighted by Crippen LogP contribution is 2.56. The van der Waals surface area contributed by atoms with Crippen LogP contribution in [0.2, 0.25) is 0 Å². The maximum atomic E-state index is 6.79. The molecule has 16 heteroatoms. The van der Waals surface area contributed by atoms with Crippen molar-refractivity contribution < 1.29 is 75.8 Å². The van der Waals surface area contributed by atoms with E-state index in [1.54, 1.807) is 56.9 Å². The first-order valence-electron chi connectivity index (χ1n) is 38.8. The molecule has 4 saturated carbocycles. The molecule has 31 aliphatic rings. The molecule has 0 heterocycles. The van der Waals surface area contributed by atoms with Crippen LogP contribution in [0.3, 0.4) is 0 Å². The van der Waals surface area contributed by atoms with Gasteiger partial charge in [-0.15, -0.1) is 0 Å². The van der Waals surface area contributed by atoms with Gasteiger partial charge in [-0.2, -0.15) is 0 Å². The van der Waals surface area contributed by atoms with Crippen LogP contribution in [0.4, 0.5) is 0 Å². The van der Waals surface area contributed by atoms with E-state index in [1.807, 2.05) is 0 Å². The van der Waals surface area contributed by atoms with Crippen LogP contribution < -0.4 is 0 Å². The highest BCUT2D eigenvalue weighted by atomic mass is 16.7. The Balaban J connectivity index is 0.771. The SMILES string of the molecule is COCOC12CCC(OCOC)(CC1)c1ccc(cc1)-c1ccc(cc1)C1(OCOC)CCC(OCOC)(CC1)c1ccc(cc1)-c1ccc(cc1)C1(OCOC)CCC(OCOC)(CC1)c1ccc(cc1)-c1ccc(cc1)C1(OCOC)CCC(OCOC)(CC1)c1ccc(cc1)-c1ccc(cc1)-c1ccc2cc1. The molecule has 110 heavy (non-hydrogen) atoms. The van der Waals surface area contributed by atoms with Gasteiger partial charge in [0.05, 0.1) is 44.8 Å². The Morgan fingerprint density at radius 2 is 0.227 bits per heavy atom. The molecule has 0 aliphatic heterocycles. The van der Waals surface area contributed by atoms with Crippen LogP contribution in [0.5, 0.6) is 0 Å². The summed E-state index contributed by atoms with van der Waals surface area (Å²) in [6.07, 6.45) is 11.3. The third-order valence-corrected chi connectivity index (χ3v) is 24.9. The lowest BCUT2D eigenvalue weighted by atomic mass is 9.69. The summed E-state index contributed by atoms with van der Waals surface area (Å²) in [5, 5.41) is 0. The molecule has 0 radical (unpaired) electrons. The molecule has 9 aromatic rings. The van der Waals surface area contributed by atoms with Gasteiger partial charge in [0, 0.05) is 56.9 Å². The predicted octanol–water partition coefficient (Wildman–Crippen LogP) is 20.0. The van der Waals surface area contributed by atoms with E-state index in [0.29, 0.717) is 103 Å². The zero-order valence-corrected chi connectivity index (χ0v) is 65.3. The van der Waals surface area contributed by atoms with Crippen molar-refractivity contribution in [2.45, 2.75) is 148 Å². The molecule has 0 N–H and O–H groups in total. The number of benzene rings is 9. The third-order valence-electron chi connectivity index (χ3n) is 24.9. The number of ether oxygens (including phenoxy) is 16. The van der Waals surface area contributed by atoms with E-state index >= 15 is 0 Å². The lowest BCUT2D eigenvalue weighted by Crippen LogP contribution is -2.43. The second-order valence-electron chi connectivity index (χ2n) is 30.6. The van der Waals surface area contributed by atoms with Crippen LogP contribution in [0, 0.1) is 0 Å². The average Bonchev–Trinajstić information content (AvgIpc) is 0.770. The number of methoxy groups -OCH3 is 8. The van der Waals surface area contributed by atoms with Crippen molar-refractivity contribution in [2.75, 3.05) is 111 Å². The first kappa shape index (κ1) is 79.0. The fourth-order valence-corrected chi connectivity index (χ4v) is 18.3. The second kappa shape index (κ2) is 35.2. The number of rotatable bonds is 24. The molecule has 16 nitrogen and oxygen atoms in total. The number of hydrogen-bond acceptors (Lipinski definition) is 16. The Hall–Kier alpha value is -7.66. The van der Waals surface area contributed by atoms with E-state index in [1.165, 1.54) is 0 Å². The van der Waals surface area contributed by atoms with Gasteiger partial charge in [-0.25, -0.2) is 0 Å². The minimum Gasteiger partial charge on any atom is -0.359 e. The van der Waals surface area contributed by atoms with Gasteiger partial charge in [-0.3, -0.25) is 0 Å². The zero-order valence-electron chi connectivity index (χ0n) is 65.3. The third kappa shape index (κ3) is 16.3. The van der Waals surface area contributed by atoms with Gasteiger partial charge in [0.2, 0.25) is 0 Å². The van der Waals surface area contributed by atoms with Crippen LogP contribution in [-0.4, -0.2) is 111 Å². The maximum Gasteiger partial charge on any atom is 0.147 e. The first-order chi connectivity index (χ1) is 53.8. The molecule has 0 amide bonds. The van der Waals surface area contributed by atoms with Crippen LogP contribution in [0.25, 0.3) is 55.6 Å². The predicted molar refractivity (Wildman–Crippen MR) is 424 cm³/mol. The minimum absolute atomic E-state index is 0.157. The molecular formula is C94H108O16. The summed E-state index contributed by atoms with van der Waals surface area (Å²) >= 11 is 0. The quantitative estimate of drug-likeness (QED) is 0.0528. The van der Waals surface area contributed by atoms with Crippen molar-refractivity contribution in [1.29, 1.82) is 0 Å². The molecule has 40 rings (SSSR count). The fraction of sp³-hybridized carbons (Fsp3) is 0.426. The molecule has 0 aromatic heterocycles. The Labute approximate surface area is 649 Å². The molecule has 9 aromatic carbocycles. The molecule has 26 bridgehead atoms. The standard InChI is InChI=1S/C94H108O16/c1-95-61-103-87-45-49-89(50-46-87,105-63-97-3)81-33-17-73(18-34-81)75-21-37-83(38-22-75)91(107-65-99-5)53-57-93(58-54-91,109-67-101-7)85-41-25-77(26-42-85)78-27-43-86(44-28-78)94(110-68-102-8)59-55-92(56-60-94,108-66-100-6)84-39-23-76(24-40-84)74-19-35-82(36-20-74)90(106-64-98-4)51-47-88(48-52-90,104-62-96-2)80-31-15-72(16-32-80)70-11-9-69(10-12-70)71-13-29-79(87)30-14-71/h9-44H,45-68H2,1-8H3. The van der Waals surface area contributed by atoms with Crippen molar-refractivity contribution in [2.24, 2.45) is 0 Å². The van der Waals surface area contributed by atoms with Gasteiger partial charge in [-0.05, 0) is 203 Å². The normalized spacial score (nSPS) is 25.9.